The summed E-state index contributed by atoms with van der Waals surface area (Å²) in [4.78, 5) is 35.8. The van der Waals surface area contributed by atoms with E-state index in [0.29, 0.717) is 6.42 Å². The van der Waals surface area contributed by atoms with Crippen LogP contribution in [0.25, 0.3) is 0 Å². The molecule has 1 rings (SSSR count). The summed E-state index contributed by atoms with van der Waals surface area (Å²) in [5.41, 5.74) is 0.308. The fourth-order valence-corrected chi connectivity index (χ4v) is 2.03. The Balaban J connectivity index is 3.00. The molecule has 1 N–H and O–H groups in total. The highest BCUT2D eigenvalue weighted by atomic mass is 16.5. The number of hydrogen-bond acceptors (Lipinski definition) is 5. The van der Waals surface area contributed by atoms with Gasteiger partial charge in [-0.15, -0.1) is 0 Å². The van der Waals surface area contributed by atoms with Crippen LogP contribution in [0.2, 0.25) is 0 Å². The number of rotatable bonds is 6. The van der Waals surface area contributed by atoms with Crippen molar-refractivity contribution in [1.82, 2.24) is 5.32 Å². The van der Waals surface area contributed by atoms with E-state index in [2.05, 4.69) is 10.1 Å². The number of amides is 1. The van der Waals surface area contributed by atoms with E-state index in [1.807, 2.05) is 13.8 Å². The first-order valence-corrected chi connectivity index (χ1v) is 6.96. The van der Waals surface area contributed by atoms with Crippen molar-refractivity contribution >= 4 is 17.8 Å². The van der Waals surface area contributed by atoms with Gasteiger partial charge in [-0.25, -0.2) is 9.59 Å². The molecule has 0 aliphatic carbocycles. The number of nitrogens with one attached hydrogen (secondary N) is 1. The third kappa shape index (κ3) is 4.58. The van der Waals surface area contributed by atoms with Gasteiger partial charge in [-0.05, 0) is 24.5 Å². The summed E-state index contributed by atoms with van der Waals surface area (Å²) in [6.07, 6.45) is 0.443. The third-order valence-electron chi connectivity index (χ3n) is 3.08. The van der Waals surface area contributed by atoms with Crippen LogP contribution in [0.4, 0.5) is 0 Å². The van der Waals surface area contributed by atoms with Crippen molar-refractivity contribution < 1.29 is 23.9 Å². The number of esters is 2. The molecule has 0 heterocycles. The van der Waals surface area contributed by atoms with Crippen LogP contribution < -0.4 is 5.32 Å². The number of methoxy groups -OCH3 is 2. The first-order chi connectivity index (χ1) is 10.4. The molecule has 1 unspecified atom stereocenters. The van der Waals surface area contributed by atoms with Gasteiger partial charge in [0.2, 0.25) is 0 Å². The molecule has 0 aromatic heterocycles. The van der Waals surface area contributed by atoms with E-state index >= 15 is 0 Å². The monoisotopic (exact) mass is 307 g/mol. The second-order valence-corrected chi connectivity index (χ2v) is 5.22. The predicted molar refractivity (Wildman–Crippen MR) is 80.5 cm³/mol. The van der Waals surface area contributed by atoms with Crippen LogP contribution in [0.15, 0.2) is 24.3 Å². The number of hydrogen-bond donors (Lipinski definition) is 1. The summed E-state index contributed by atoms with van der Waals surface area (Å²) >= 11 is 0. The molecule has 6 heteroatoms. The van der Waals surface area contributed by atoms with Crippen molar-refractivity contribution in [3.05, 3.63) is 35.4 Å². The molecule has 0 fully saturated rings. The molecule has 0 saturated heterocycles. The van der Waals surface area contributed by atoms with E-state index < -0.39 is 23.9 Å². The van der Waals surface area contributed by atoms with Crippen molar-refractivity contribution in [3.63, 3.8) is 0 Å². The largest absolute Gasteiger partial charge is 0.467 e. The van der Waals surface area contributed by atoms with Crippen molar-refractivity contribution in [2.24, 2.45) is 5.92 Å². The zero-order chi connectivity index (χ0) is 16.7. The second-order valence-electron chi connectivity index (χ2n) is 5.22. The summed E-state index contributed by atoms with van der Waals surface area (Å²) in [5.74, 6) is -1.45. The Kier molecular flexibility index (Phi) is 6.56. The maximum absolute atomic E-state index is 12.4. The van der Waals surface area contributed by atoms with E-state index in [-0.39, 0.29) is 17.0 Å². The molecule has 120 valence electrons. The number of ether oxygens (including phenoxy) is 2. The van der Waals surface area contributed by atoms with Gasteiger partial charge in [0, 0.05) is 0 Å². The molecular weight excluding hydrogens is 286 g/mol. The van der Waals surface area contributed by atoms with Crippen molar-refractivity contribution in [1.29, 1.82) is 0 Å². The van der Waals surface area contributed by atoms with E-state index in [1.54, 1.807) is 12.1 Å². The zero-order valence-electron chi connectivity index (χ0n) is 13.2. The van der Waals surface area contributed by atoms with E-state index in [4.69, 9.17) is 4.74 Å². The lowest BCUT2D eigenvalue weighted by atomic mass is 10.0. The Morgan fingerprint density at radius 1 is 1.05 bits per heavy atom. The summed E-state index contributed by atoms with van der Waals surface area (Å²) in [7, 11) is 2.51. The molecule has 0 aliphatic rings. The van der Waals surface area contributed by atoms with Crippen LogP contribution in [-0.2, 0) is 14.3 Å². The van der Waals surface area contributed by atoms with Gasteiger partial charge in [0.25, 0.3) is 5.91 Å². The lowest BCUT2D eigenvalue weighted by molar-refractivity contribution is -0.143. The lowest BCUT2D eigenvalue weighted by Crippen LogP contribution is -2.42. The molecule has 1 amide bonds. The average molecular weight is 307 g/mol. The fraction of sp³-hybridized carbons (Fsp3) is 0.438. The molecule has 0 radical (unpaired) electrons. The lowest BCUT2D eigenvalue weighted by Gasteiger charge is -2.19. The van der Waals surface area contributed by atoms with Crippen LogP contribution in [0.1, 0.15) is 41.0 Å². The average Bonchev–Trinajstić information content (AvgIpc) is 2.52. The van der Waals surface area contributed by atoms with Crippen LogP contribution in [-0.4, -0.2) is 38.1 Å². The predicted octanol–water partition coefficient (Wildman–Crippen LogP) is 1.79. The molecule has 0 aliphatic heterocycles. The summed E-state index contributed by atoms with van der Waals surface area (Å²) in [6.45, 7) is 3.87. The molecule has 0 saturated carbocycles. The maximum Gasteiger partial charge on any atom is 0.338 e. The minimum Gasteiger partial charge on any atom is -0.467 e. The van der Waals surface area contributed by atoms with Crippen molar-refractivity contribution in [3.8, 4) is 0 Å². The third-order valence-corrected chi connectivity index (χ3v) is 3.08. The molecular formula is C16H21NO5. The van der Waals surface area contributed by atoms with Gasteiger partial charge in [0.15, 0.2) is 0 Å². The SMILES string of the molecule is COC(=O)c1ccccc1C(=O)NC(CC(C)C)C(=O)OC. The van der Waals surface area contributed by atoms with Gasteiger partial charge in [-0.3, -0.25) is 4.79 Å². The molecule has 1 atom stereocenters. The molecule has 0 spiro atoms. The molecule has 1 aromatic carbocycles. The molecule has 0 bridgehead atoms. The molecule has 1 aromatic rings. The number of carbonyl (C=O) groups is 3. The Hall–Kier alpha value is -2.37. The van der Waals surface area contributed by atoms with Crippen molar-refractivity contribution in [2.75, 3.05) is 14.2 Å². The van der Waals surface area contributed by atoms with Crippen LogP contribution in [0.5, 0.6) is 0 Å². The Morgan fingerprint density at radius 3 is 2.14 bits per heavy atom. The first kappa shape index (κ1) is 17.7. The van der Waals surface area contributed by atoms with E-state index in [9.17, 15) is 14.4 Å². The Morgan fingerprint density at radius 2 is 1.64 bits per heavy atom. The summed E-state index contributed by atoms with van der Waals surface area (Å²) < 4.78 is 9.36. The minimum atomic E-state index is -0.761. The van der Waals surface area contributed by atoms with E-state index in [1.165, 1.54) is 26.4 Å². The second kappa shape index (κ2) is 8.17. The zero-order valence-corrected chi connectivity index (χ0v) is 13.2. The fourth-order valence-electron chi connectivity index (χ4n) is 2.03. The standard InChI is InChI=1S/C16H21NO5/c1-10(2)9-13(16(20)22-4)17-14(18)11-7-5-6-8-12(11)15(19)21-3/h5-8,10,13H,9H2,1-4H3,(H,17,18). The number of carbonyl (C=O) groups excluding carboxylic acids is 3. The Labute approximate surface area is 129 Å². The van der Waals surface area contributed by atoms with Gasteiger partial charge in [0.05, 0.1) is 25.3 Å². The number of benzene rings is 1. The van der Waals surface area contributed by atoms with Gasteiger partial charge < -0.3 is 14.8 Å². The highest BCUT2D eigenvalue weighted by Crippen LogP contribution is 2.12. The summed E-state index contributed by atoms with van der Waals surface area (Å²) in [5, 5.41) is 2.61. The highest BCUT2D eigenvalue weighted by Gasteiger charge is 2.25. The first-order valence-electron chi connectivity index (χ1n) is 6.96. The minimum absolute atomic E-state index is 0.149. The van der Waals surface area contributed by atoms with Crippen LogP contribution >= 0.6 is 0 Å². The quantitative estimate of drug-likeness (QED) is 0.810. The van der Waals surface area contributed by atoms with Gasteiger partial charge in [-0.1, -0.05) is 26.0 Å². The maximum atomic E-state index is 12.4. The molecule has 6 nitrogen and oxygen atoms in total. The van der Waals surface area contributed by atoms with E-state index in [0.717, 1.165) is 0 Å². The van der Waals surface area contributed by atoms with Crippen LogP contribution in [0, 0.1) is 5.92 Å². The smallest absolute Gasteiger partial charge is 0.338 e. The normalized spacial score (nSPS) is 11.7. The van der Waals surface area contributed by atoms with Gasteiger partial charge in [0.1, 0.15) is 6.04 Å². The Bertz CT molecular complexity index is 553. The molecule has 22 heavy (non-hydrogen) atoms. The van der Waals surface area contributed by atoms with Crippen molar-refractivity contribution in [2.45, 2.75) is 26.3 Å². The van der Waals surface area contributed by atoms with Crippen LogP contribution in [0.3, 0.4) is 0 Å². The van der Waals surface area contributed by atoms with Gasteiger partial charge >= 0.3 is 11.9 Å². The summed E-state index contributed by atoms with van der Waals surface area (Å²) in [6, 6.07) is 5.51. The van der Waals surface area contributed by atoms with Gasteiger partial charge in [-0.2, -0.15) is 0 Å². The highest BCUT2D eigenvalue weighted by molar-refractivity contribution is 6.06. The topological polar surface area (TPSA) is 81.7 Å².